The summed E-state index contributed by atoms with van der Waals surface area (Å²) in [6, 6.07) is 0.409. The number of rotatable bonds is 3. The summed E-state index contributed by atoms with van der Waals surface area (Å²) >= 11 is 0. The minimum atomic E-state index is -0.148. The Labute approximate surface area is 135 Å². The number of hydrogen-bond donors (Lipinski definition) is 0. The van der Waals surface area contributed by atoms with Crippen molar-refractivity contribution in [3.05, 3.63) is 11.7 Å². The number of aryl methyl sites for hydroxylation is 1. The van der Waals surface area contributed by atoms with Crippen molar-refractivity contribution in [3.63, 3.8) is 0 Å². The first-order chi connectivity index (χ1) is 11.1. The zero-order valence-corrected chi connectivity index (χ0v) is 13.4. The quantitative estimate of drug-likeness (QED) is 0.833. The van der Waals surface area contributed by atoms with Gasteiger partial charge in [0.25, 0.3) is 0 Å². The maximum atomic E-state index is 12.7. The number of piperidine rings is 1. The van der Waals surface area contributed by atoms with Crippen molar-refractivity contribution < 1.29 is 14.1 Å². The maximum Gasteiger partial charge on any atom is 0.229 e. The molecular formula is C16H22N4O3. The lowest BCUT2D eigenvalue weighted by molar-refractivity contribution is -0.136. The first kappa shape index (κ1) is 14.7. The number of hydrogen-bond acceptors (Lipinski definition) is 5. The molecule has 2 amide bonds. The van der Waals surface area contributed by atoms with Crippen LogP contribution in [0.2, 0.25) is 0 Å². The second kappa shape index (κ2) is 5.62. The fraction of sp³-hybridized carbons (Fsp3) is 0.750. The number of amides is 2. The molecule has 1 saturated carbocycles. The van der Waals surface area contributed by atoms with Crippen LogP contribution in [0.3, 0.4) is 0 Å². The molecule has 2 saturated heterocycles. The van der Waals surface area contributed by atoms with Crippen LogP contribution in [0.5, 0.6) is 0 Å². The van der Waals surface area contributed by atoms with Crippen LogP contribution in [0.25, 0.3) is 0 Å². The van der Waals surface area contributed by atoms with Gasteiger partial charge in [0.15, 0.2) is 5.82 Å². The van der Waals surface area contributed by atoms with Gasteiger partial charge in [-0.3, -0.25) is 9.59 Å². The van der Waals surface area contributed by atoms with E-state index in [1.165, 1.54) is 0 Å². The molecule has 3 aliphatic rings. The van der Waals surface area contributed by atoms with Crippen molar-refractivity contribution in [2.24, 2.45) is 5.92 Å². The largest absolute Gasteiger partial charge is 0.342 e. The van der Waals surface area contributed by atoms with E-state index in [4.69, 9.17) is 4.52 Å². The van der Waals surface area contributed by atoms with Gasteiger partial charge in [-0.25, -0.2) is 0 Å². The van der Waals surface area contributed by atoms with Gasteiger partial charge < -0.3 is 14.3 Å². The Kier molecular flexibility index (Phi) is 3.58. The lowest BCUT2D eigenvalue weighted by Gasteiger charge is -2.32. The molecule has 0 bridgehead atoms. The Morgan fingerprint density at radius 1 is 1.22 bits per heavy atom. The van der Waals surface area contributed by atoms with Crippen molar-refractivity contribution in [2.45, 2.75) is 51.0 Å². The second-order valence-corrected chi connectivity index (χ2v) is 6.96. The maximum absolute atomic E-state index is 12.7. The monoisotopic (exact) mass is 318 g/mol. The molecule has 2 aliphatic heterocycles. The zero-order chi connectivity index (χ0) is 16.0. The first-order valence-corrected chi connectivity index (χ1v) is 8.50. The van der Waals surface area contributed by atoms with Crippen molar-refractivity contribution in [1.29, 1.82) is 0 Å². The van der Waals surface area contributed by atoms with Crippen LogP contribution in [0.1, 0.15) is 49.7 Å². The summed E-state index contributed by atoms with van der Waals surface area (Å²) in [5.41, 5.74) is 0. The van der Waals surface area contributed by atoms with E-state index >= 15 is 0 Å². The Morgan fingerprint density at radius 3 is 2.57 bits per heavy atom. The third-order valence-corrected chi connectivity index (χ3v) is 5.19. The van der Waals surface area contributed by atoms with Gasteiger partial charge >= 0.3 is 0 Å². The fourth-order valence-electron chi connectivity index (χ4n) is 3.72. The van der Waals surface area contributed by atoms with Gasteiger partial charge in [-0.05, 0) is 32.6 Å². The van der Waals surface area contributed by atoms with Gasteiger partial charge in [0.1, 0.15) is 0 Å². The van der Waals surface area contributed by atoms with Crippen molar-refractivity contribution in [3.8, 4) is 0 Å². The third-order valence-electron chi connectivity index (χ3n) is 5.19. The van der Waals surface area contributed by atoms with Gasteiger partial charge in [0.05, 0.1) is 5.92 Å². The van der Waals surface area contributed by atoms with E-state index in [2.05, 4.69) is 10.1 Å². The summed E-state index contributed by atoms with van der Waals surface area (Å²) in [4.78, 5) is 32.8. The van der Waals surface area contributed by atoms with Crippen LogP contribution in [0, 0.1) is 12.8 Å². The Morgan fingerprint density at radius 2 is 1.96 bits per heavy atom. The predicted octanol–water partition coefficient (Wildman–Crippen LogP) is 1.09. The summed E-state index contributed by atoms with van der Waals surface area (Å²) in [6.45, 7) is 3.84. The molecule has 7 heteroatoms. The van der Waals surface area contributed by atoms with E-state index in [0.717, 1.165) is 25.7 Å². The molecule has 124 valence electrons. The van der Waals surface area contributed by atoms with Crippen molar-refractivity contribution >= 4 is 11.8 Å². The highest BCUT2D eigenvalue weighted by atomic mass is 16.5. The van der Waals surface area contributed by atoms with Crippen LogP contribution >= 0.6 is 0 Å². The van der Waals surface area contributed by atoms with E-state index in [9.17, 15) is 9.59 Å². The summed E-state index contributed by atoms with van der Waals surface area (Å²) in [5, 5.41) is 3.84. The first-order valence-electron chi connectivity index (χ1n) is 8.50. The highest BCUT2D eigenvalue weighted by Gasteiger charge is 2.43. The molecular weight excluding hydrogens is 296 g/mol. The number of nitrogens with zero attached hydrogens (tertiary/aromatic N) is 4. The molecule has 0 spiro atoms. The molecule has 23 heavy (non-hydrogen) atoms. The van der Waals surface area contributed by atoms with Crippen LogP contribution in [0.15, 0.2) is 4.52 Å². The smallest absolute Gasteiger partial charge is 0.229 e. The van der Waals surface area contributed by atoms with E-state index in [1.54, 1.807) is 0 Å². The van der Waals surface area contributed by atoms with Gasteiger partial charge in [-0.15, -0.1) is 0 Å². The minimum absolute atomic E-state index is 0.140. The van der Waals surface area contributed by atoms with Crippen molar-refractivity contribution in [2.75, 3.05) is 19.6 Å². The van der Waals surface area contributed by atoms with Gasteiger partial charge in [-0.1, -0.05) is 5.16 Å². The lowest BCUT2D eigenvalue weighted by atomic mass is 9.95. The average Bonchev–Trinajstić information content (AvgIpc) is 3.19. The number of carbonyl (C=O) groups is 2. The number of carbonyl (C=O) groups excluding carboxylic acids is 2. The number of aromatic nitrogens is 2. The van der Waals surface area contributed by atoms with Gasteiger partial charge in [0, 0.05) is 38.0 Å². The standard InChI is InChI=1S/C16H22N4O3/c1-10-17-15(23-18-10)11-4-6-19(7-5-11)16(22)12-8-14(21)20(9-12)13-2-3-13/h11-13H,2-9H2,1H3/t12-/m1/s1. The lowest BCUT2D eigenvalue weighted by Crippen LogP contribution is -2.42. The van der Waals surface area contributed by atoms with Crippen molar-refractivity contribution in [1.82, 2.24) is 19.9 Å². The highest BCUT2D eigenvalue weighted by Crippen LogP contribution is 2.34. The topological polar surface area (TPSA) is 79.5 Å². The molecule has 1 atom stereocenters. The minimum Gasteiger partial charge on any atom is -0.342 e. The summed E-state index contributed by atoms with van der Waals surface area (Å²) in [5.74, 6) is 1.73. The van der Waals surface area contributed by atoms with Crippen LogP contribution in [-0.4, -0.2) is 57.4 Å². The molecule has 0 aromatic carbocycles. The summed E-state index contributed by atoms with van der Waals surface area (Å²) < 4.78 is 5.24. The molecule has 3 heterocycles. The summed E-state index contributed by atoms with van der Waals surface area (Å²) in [7, 11) is 0. The molecule has 0 N–H and O–H groups in total. The van der Waals surface area contributed by atoms with Crippen LogP contribution in [-0.2, 0) is 9.59 Å². The Bertz CT molecular complexity index is 617. The molecule has 0 unspecified atom stereocenters. The summed E-state index contributed by atoms with van der Waals surface area (Å²) in [6.07, 6.45) is 4.28. The molecule has 0 radical (unpaired) electrons. The Hall–Kier alpha value is -1.92. The zero-order valence-electron chi connectivity index (χ0n) is 13.4. The number of likely N-dealkylation sites (tertiary alicyclic amines) is 2. The van der Waals surface area contributed by atoms with Crippen LogP contribution < -0.4 is 0 Å². The predicted molar refractivity (Wildman–Crippen MR) is 80.4 cm³/mol. The average molecular weight is 318 g/mol. The third kappa shape index (κ3) is 2.84. The molecule has 7 nitrogen and oxygen atoms in total. The van der Waals surface area contributed by atoms with Gasteiger partial charge in [-0.2, -0.15) is 4.98 Å². The second-order valence-electron chi connectivity index (χ2n) is 6.96. The molecule has 3 fully saturated rings. The van der Waals surface area contributed by atoms with E-state index < -0.39 is 0 Å². The van der Waals surface area contributed by atoms with E-state index in [1.807, 2.05) is 16.7 Å². The molecule has 4 rings (SSSR count). The van der Waals surface area contributed by atoms with Gasteiger partial charge in [0.2, 0.25) is 17.7 Å². The molecule has 1 aliphatic carbocycles. The Balaban J connectivity index is 1.33. The van der Waals surface area contributed by atoms with Crippen LogP contribution in [0.4, 0.5) is 0 Å². The van der Waals surface area contributed by atoms with E-state index in [0.29, 0.717) is 43.8 Å². The highest BCUT2D eigenvalue weighted by molar-refractivity contribution is 5.89. The fourth-order valence-corrected chi connectivity index (χ4v) is 3.72. The van der Waals surface area contributed by atoms with E-state index in [-0.39, 0.29) is 23.7 Å². The molecule has 1 aromatic heterocycles. The normalized spacial score (nSPS) is 26.1. The molecule has 1 aromatic rings. The SMILES string of the molecule is Cc1noc(C2CCN(C(=O)[C@@H]3CC(=O)N(C4CC4)C3)CC2)n1.